The van der Waals surface area contributed by atoms with Crippen LogP contribution in [0.3, 0.4) is 0 Å². The van der Waals surface area contributed by atoms with Crippen molar-refractivity contribution in [2.75, 3.05) is 13.6 Å². The average Bonchev–Trinajstić information content (AvgIpc) is 2.73. The summed E-state index contributed by atoms with van der Waals surface area (Å²) in [5.41, 5.74) is 7.25. The molecule has 0 aliphatic heterocycles. The Bertz CT molecular complexity index is 566. The third-order valence-electron chi connectivity index (χ3n) is 3.13. The van der Waals surface area contributed by atoms with Gasteiger partial charge in [-0.1, -0.05) is 34.1 Å². The summed E-state index contributed by atoms with van der Waals surface area (Å²) < 4.78 is 3.33. The van der Waals surface area contributed by atoms with E-state index in [1.54, 1.807) is 11.3 Å². The number of nitrogens with zero attached hydrogens (tertiary/aromatic N) is 1. The van der Waals surface area contributed by atoms with Crippen molar-refractivity contribution in [3.8, 4) is 0 Å². The first-order valence-electron chi connectivity index (χ1n) is 6.11. The van der Waals surface area contributed by atoms with Crippen LogP contribution in [0.2, 0.25) is 0 Å². The van der Waals surface area contributed by atoms with Crippen molar-refractivity contribution in [3.05, 3.63) is 53.5 Å². The predicted octanol–water partition coefficient (Wildman–Crippen LogP) is 5.17. The summed E-state index contributed by atoms with van der Waals surface area (Å²) in [6, 6.07) is 10.6. The Kier molecular flexibility index (Phi) is 6.25. The van der Waals surface area contributed by atoms with Crippen LogP contribution in [0.15, 0.2) is 43.1 Å². The molecule has 0 fully saturated rings. The van der Waals surface area contributed by atoms with Crippen molar-refractivity contribution in [1.82, 2.24) is 4.90 Å². The van der Waals surface area contributed by atoms with E-state index in [-0.39, 0.29) is 6.04 Å². The second-order valence-electron chi connectivity index (χ2n) is 4.53. The Morgan fingerprint density at radius 1 is 1.20 bits per heavy atom. The van der Waals surface area contributed by atoms with Crippen LogP contribution in [-0.2, 0) is 6.54 Å². The van der Waals surface area contributed by atoms with E-state index < -0.39 is 0 Å². The van der Waals surface area contributed by atoms with Gasteiger partial charge in [-0.3, -0.25) is 4.90 Å². The summed E-state index contributed by atoms with van der Waals surface area (Å²) >= 11 is 12.4. The van der Waals surface area contributed by atoms with Gasteiger partial charge >= 0.3 is 0 Å². The molecule has 1 atom stereocenters. The van der Waals surface area contributed by atoms with Crippen molar-refractivity contribution in [1.29, 1.82) is 0 Å². The van der Waals surface area contributed by atoms with Gasteiger partial charge in [-0.05, 0) is 56.6 Å². The van der Waals surface area contributed by atoms with Gasteiger partial charge in [0.05, 0.1) is 9.83 Å². The van der Waals surface area contributed by atoms with Gasteiger partial charge in [0.15, 0.2) is 0 Å². The Labute approximate surface area is 148 Å². The van der Waals surface area contributed by atoms with Crippen LogP contribution < -0.4 is 5.73 Å². The van der Waals surface area contributed by atoms with E-state index in [2.05, 4.69) is 84.0 Å². The number of halogens is 3. The molecular formula is C14H15Br3N2S. The van der Waals surface area contributed by atoms with Crippen LogP contribution in [-0.4, -0.2) is 18.5 Å². The molecule has 1 aromatic heterocycles. The summed E-state index contributed by atoms with van der Waals surface area (Å²) in [6.45, 7) is 1.46. The second kappa shape index (κ2) is 7.51. The minimum absolute atomic E-state index is 0.217. The Morgan fingerprint density at radius 3 is 2.45 bits per heavy atom. The zero-order valence-corrected chi connectivity index (χ0v) is 16.5. The SMILES string of the molecule is CN(Cc1ccccc1Br)C(CN)c1cc(Br)c(Br)s1. The molecule has 6 heteroatoms. The van der Waals surface area contributed by atoms with Crippen molar-refractivity contribution < 1.29 is 0 Å². The highest BCUT2D eigenvalue weighted by atomic mass is 79.9. The van der Waals surface area contributed by atoms with Gasteiger partial charge in [-0.25, -0.2) is 0 Å². The number of likely N-dealkylation sites (N-methyl/N-ethyl adjacent to an activating group) is 1. The van der Waals surface area contributed by atoms with Gasteiger partial charge in [0, 0.05) is 26.9 Å². The number of hydrogen-bond acceptors (Lipinski definition) is 3. The monoisotopic (exact) mass is 480 g/mol. The van der Waals surface area contributed by atoms with E-state index in [0.29, 0.717) is 6.54 Å². The highest BCUT2D eigenvalue weighted by Crippen LogP contribution is 2.37. The Morgan fingerprint density at radius 2 is 1.90 bits per heavy atom. The van der Waals surface area contributed by atoms with Crippen LogP contribution in [0.4, 0.5) is 0 Å². The minimum atomic E-state index is 0.217. The lowest BCUT2D eigenvalue weighted by Gasteiger charge is -2.26. The fourth-order valence-electron chi connectivity index (χ4n) is 2.05. The third kappa shape index (κ3) is 3.93. The van der Waals surface area contributed by atoms with E-state index >= 15 is 0 Å². The zero-order valence-electron chi connectivity index (χ0n) is 10.9. The van der Waals surface area contributed by atoms with E-state index in [1.807, 2.05) is 6.07 Å². The molecule has 0 radical (unpaired) electrons. The maximum atomic E-state index is 5.98. The van der Waals surface area contributed by atoms with Gasteiger partial charge in [0.1, 0.15) is 0 Å². The third-order valence-corrected chi connectivity index (χ3v) is 7.26. The second-order valence-corrected chi connectivity index (χ2v) is 8.64. The first-order chi connectivity index (χ1) is 9.52. The predicted molar refractivity (Wildman–Crippen MR) is 97.1 cm³/mol. The molecule has 1 aromatic carbocycles. The van der Waals surface area contributed by atoms with Gasteiger partial charge in [-0.2, -0.15) is 0 Å². The fourth-order valence-corrected chi connectivity index (χ4v) is 4.73. The van der Waals surface area contributed by atoms with Crippen molar-refractivity contribution in [2.45, 2.75) is 12.6 Å². The standard InChI is InChI=1S/C14H15Br3N2S/c1-19(8-9-4-2-3-5-10(9)15)12(7-18)13-6-11(16)14(17)20-13/h2-6,12H,7-8,18H2,1H3. The van der Waals surface area contributed by atoms with Crippen LogP contribution in [0.5, 0.6) is 0 Å². The maximum absolute atomic E-state index is 5.98. The molecule has 0 saturated heterocycles. The number of hydrogen-bond donors (Lipinski definition) is 1. The molecule has 2 N–H and O–H groups in total. The molecule has 2 aromatic rings. The van der Waals surface area contributed by atoms with Gasteiger partial charge < -0.3 is 5.73 Å². The first kappa shape index (κ1) is 16.6. The van der Waals surface area contributed by atoms with Crippen LogP contribution >= 0.6 is 59.1 Å². The maximum Gasteiger partial charge on any atom is 0.0843 e. The highest BCUT2D eigenvalue weighted by molar-refractivity contribution is 9.13. The molecule has 108 valence electrons. The van der Waals surface area contributed by atoms with Gasteiger partial charge in [0.2, 0.25) is 0 Å². The fraction of sp³-hybridized carbons (Fsp3) is 0.286. The number of thiophene rings is 1. The largest absolute Gasteiger partial charge is 0.329 e. The van der Waals surface area contributed by atoms with Gasteiger partial charge in [0.25, 0.3) is 0 Å². The molecule has 2 rings (SSSR count). The van der Waals surface area contributed by atoms with E-state index in [4.69, 9.17) is 5.73 Å². The molecule has 0 saturated carbocycles. The lowest BCUT2D eigenvalue weighted by molar-refractivity contribution is 0.244. The van der Waals surface area contributed by atoms with Crippen molar-refractivity contribution in [3.63, 3.8) is 0 Å². The molecular weight excluding hydrogens is 468 g/mol. The van der Waals surface area contributed by atoms with Crippen LogP contribution in [0, 0.1) is 0 Å². The minimum Gasteiger partial charge on any atom is -0.329 e. The van der Waals surface area contributed by atoms with E-state index in [1.165, 1.54) is 10.4 Å². The van der Waals surface area contributed by atoms with E-state index in [0.717, 1.165) is 19.3 Å². The molecule has 1 heterocycles. The topological polar surface area (TPSA) is 29.3 Å². The van der Waals surface area contributed by atoms with Crippen LogP contribution in [0.25, 0.3) is 0 Å². The summed E-state index contributed by atoms with van der Waals surface area (Å²) in [7, 11) is 2.11. The number of rotatable bonds is 5. The lowest BCUT2D eigenvalue weighted by atomic mass is 10.1. The average molecular weight is 483 g/mol. The molecule has 0 aliphatic carbocycles. The Balaban J connectivity index is 2.17. The summed E-state index contributed by atoms with van der Waals surface area (Å²) in [4.78, 5) is 3.55. The molecule has 20 heavy (non-hydrogen) atoms. The molecule has 0 spiro atoms. The summed E-state index contributed by atoms with van der Waals surface area (Å²) in [5.74, 6) is 0. The van der Waals surface area contributed by atoms with Crippen molar-refractivity contribution in [2.24, 2.45) is 5.73 Å². The Hall–Kier alpha value is 0.280. The lowest BCUT2D eigenvalue weighted by Crippen LogP contribution is -2.29. The van der Waals surface area contributed by atoms with Gasteiger partial charge in [-0.15, -0.1) is 11.3 Å². The molecule has 1 unspecified atom stereocenters. The number of nitrogens with two attached hydrogens (primary N) is 1. The number of benzene rings is 1. The van der Waals surface area contributed by atoms with Crippen molar-refractivity contribution >= 4 is 59.1 Å². The smallest absolute Gasteiger partial charge is 0.0843 e. The molecule has 0 aliphatic rings. The first-order valence-corrected chi connectivity index (χ1v) is 9.31. The summed E-state index contributed by atoms with van der Waals surface area (Å²) in [6.07, 6.45) is 0. The normalized spacial score (nSPS) is 12.9. The highest BCUT2D eigenvalue weighted by Gasteiger charge is 2.19. The molecule has 2 nitrogen and oxygen atoms in total. The zero-order chi connectivity index (χ0) is 14.7. The van der Waals surface area contributed by atoms with E-state index in [9.17, 15) is 0 Å². The van der Waals surface area contributed by atoms with Crippen LogP contribution in [0.1, 0.15) is 16.5 Å². The quantitative estimate of drug-likeness (QED) is 0.637. The summed E-state index contributed by atoms with van der Waals surface area (Å²) in [5, 5.41) is 0. The molecule has 0 amide bonds. The molecule has 0 bridgehead atoms.